The first-order valence-electron chi connectivity index (χ1n) is 6.28. The van der Waals surface area contributed by atoms with E-state index >= 15 is 0 Å². The number of carboxylic acid groups (broad SMARTS) is 1. The number of hydrogen-bond donors (Lipinski definition) is 1. The van der Waals surface area contributed by atoms with E-state index in [0.717, 1.165) is 24.3 Å². The number of carbonyl (C=O) groups is 1. The Bertz CT molecular complexity index is 423. The predicted octanol–water partition coefficient (Wildman–Crippen LogP) is 2.82. The van der Waals surface area contributed by atoms with E-state index in [-0.39, 0.29) is 6.42 Å². The summed E-state index contributed by atoms with van der Waals surface area (Å²) in [5, 5.41) is 9.28. The molecule has 0 spiro atoms. The topological polar surface area (TPSA) is 49.8 Å². The van der Waals surface area contributed by atoms with Crippen LogP contribution >= 0.6 is 11.6 Å². The SMILES string of the molecule is Cc1cc(Cl)ccc1OCCCN(C)CCC(=O)O. The van der Waals surface area contributed by atoms with Crippen LogP contribution in [-0.2, 0) is 4.79 Å². The Morgan fingerprint density at radius 3 is 2.79 bits per heavy atom. The second-order valence-electron chi connectivity index (χ2n) is 4.56. The molecule has 0 heterocycles. The fourth-order valence-corrected chi connectivity index (χ4v) is 1.92. The highest BCUT2D eigenvalue weighted by Crippen LogP contribution is 2.21. The van der Waals surface area contributed by atoms with Crippen LogP contribution in [0, 0.1) is 6.92 Å². The number of ether oxygens (including phenoxy) is 1. The maximum Gasteiger partial charge on any atom is 0.304 e. The highest BCUT2D eigenvalue weighted by Gasteiger charge is 2.03. The van der Waals surface area contributed by atoms with Crippen molar-refractivity contribution in [3.8, 4) is 5.75 Å². The molecule has 1 N–H and O–H groups in total. The van der Waals surface area contributed by atoms with Crippen molar-refractivity contribution >= 4 is 17.6 Å². The van der Waals surface area contributed by atoms with E-state index in [4.69, 9.17) is 21.4 Å². The van der Waals surface area contributed by atoms with Crippen molar-refractivity contribution in [2.75, 3.05) is 26.7 Å². The Morgan fingerprint density at radius 1 is 1.42 bits per heavy atom. The van der Waals surface area contributed by atoms with Crippen LogP contribution in [-0.4, -0.2) is 42.7 Å². The van der Waals surface area contributed by atoms with Gasteiger partial charge in [0.2, 0.25) is 0 Å². The van der Waals surface area contributed by atoms with Gasteiger partial charge in [-0.1, -0.05) is 11.6 Å². The molecular weight excluding hydrogens is 266 g/mol. The van der Waals surface area contributed by atoms with Gasteiger partial charge in [0.1, 0.15) is 5.75 Å². The summed E-state index contributed by atoms with van der Waals surface area (Å²) < 4.78 is 5.67. The quantitative estimate of drug-likeness (QED) is 0.746. The zero-order chi connectivity index (χ0) is 14.3. The Labute approximate surface area is 118 Å². The number of rotatable bonds is 8. The summed E-state index contributed by atoms with van der Waals surface area (Å²) in [6.07, 6.45) is 1.03. The van der Waals surface area contributed by atoms with Crippen molar-refractivity contribution in [3.63, 3.8) is 0 Å². The number of benzene rings is 1. The molecule has 1 aromatic rings. The molecule has 0 aliphatic heterocycles. The second-order valence-corrected chi connectivity index (χ2v) is 5.00. The van der Waals surface area contributed by atoms with Crippen LogP contribution in [0.3, 0.4) is 0 Å². The molecule has 4 nitrogen and oxygen atoms in total. The molecule has 1 rings (SSSR count). The van der Waals surface area contributed by atoms with Gasteiger partial charge in [0.05, 0.1) is 13.0 Å². The van der Waals surface area contributed by atoms with Crippen molar-refractivity contribution < 1.29 is 14.6 Å². The zero-order valence-corrected chi connectivity index (χ0v) is 12.1. The van der Waals surface area contributed by atoms with Crippen LogP contribution in [0.2, 0.25) is 5.02 Å². The number of aryl methyl sites for hydroxylation is 1. The van der Waals surface area contributed by atoms with Crippen molar-refractivity contribution in [2.45, 2.75) is 19.8 Å². The molecule has 0 atom stereocenters. The highest BCUT2D eigenvalue weighted by atomic mass is 35.5. The van der Waals surface area contributed by atoms with Gasteiger partial charge < -0.3 is 14.7 Å². The Hall–Kier alpha value is -1.26. The molecule has 0 amide bonds. The molecule has 0 aromatic heterocycles. The van der Waals surface area contributed by atoms with Gasteiger partial charge in [-0.3, -0.25) is 4.79 Å². The van der Waals surface area contributed by atoms with Crippen molar-refractivity contribution in [1.29, 1.82) is 0 Å². The van der Waals surface area contributed by atoms with Crippen LogP contribution < -0.4 is 4.74 Å². The monoisotopic (exact) mass is 285 g/mol. The van der Waals surface area contributed by atoms with Crippen LogP contribution in [0.25, 0.3) is 0 Å². The number of nitrogens with zero attached hydrogens (tertiary/aromatic N) is 1. The summed E-state index contributed by atoms with van der Waals surface area (Å²) in [4.78, 5) is 12.4. The predicted molar refractivity (Wildman–Crippen MR) is 76.1 cm³/mol. The van der Waals surface area contributed by atoms with E-state index in [1.165, 1.54) is 0 Å². The molecule has 0 saturated carbocycles. The Morgan fingerprint density at radius 2 is 2.16 bits per heavy atom. The van der Waals surface area contributed by atoms with Crippen LogP contribution in [0.4, 0.5) is 0 Å². The van der Waals surface area contributed by atoms with E-state index in [1.54, 1.807) is 0 Å². The Kier molecular flexibility index (Phi) is 6.67. The van der Waals surface area contributed by atoms with E-state index in [1.807, 2.05) is 37.1 Å². The fraction of sp³-hybridized carbons (Fsp3) is 0.500. The lowest BCUT2D eigenvalue weighted by molar-refractivity contribution is -0.137. The smallest absolute Gasteiger partial charge is 0.304 e. The maximum absolute atomic E-state index is 10.4. The summed E-state index contributed by atoms with van der Waals surface area (Å²) in [5.41, 5.74) is 1.02. The zero-order valence-electron chi connectivity index (χ0n) is 11.4. The van der Waals surface area contributed by atoms with Gasteiger partial charge in [0, 0.05) is 18.1 Å². The molecule has 0 aliphatic rings. The van der Waals surface area contributed by atoms with Crippen LogP contribution in [0.5, 0.6) is 5.75 Å². The number of aliphatic carboxylic acids is 1. The molecular formula is C14H20ClNO3. The van der Waals surface area contributed by atoms with Gasteiger partial charge >= 0.3 is 5.97 Å². The molecule has 5 heteroatoms. The summed E-state index contributed by atoms with van der Waals surface area (Å²) in [6, 6.07) is 5.55. The van der Waals surface area contributed by atoms with Crippen molar-refractivity contribution in [3.05, 3.63) is 28.8 Å². The molecule has 0 bridgehead atoms. The van der Waals surface area contributed by atoms with Gasteiger partial charge in [0.25, 0.3) is 0 Å². The van der Waals surface area contributed by atoms with E-state index in [0.29, 0.717) is 18.2 Å². The number of halogens is 1. The first-order valence-corrected chi connectivity index (χ1v) is 6.66. The van der Waals surface area contributed by atoms with Crippen LogP contribution in [0.15, 0.2) is 18.2 Å². The minimum atomic E-state index is -0.764. The maximum atomic E-state index is 10.4. The molecule has 0 aliphatic carbocycles. The Balaban J connectivity index is 2.21. The largest absolute Gasteiger partial charge is 0.493 e. The first kappa shape index (κ1) is 15.8. The summed E-state index contributed by atoms with van der Waals surface area (Å²) >= 11 is 5.87. The molecule has 19 heavy (non-hydrogen) atoms. The van der Waals surface area contributed by atoms with Gasteiger partial charge in [0.15, 0.2) is 0 Å². The fourth-order valence-electron chi connectivity index (χ4n) is 1.69. The average Bonchev–Trinajstić information content (AvgIpc) is 2.34. The number of carboxylic acids is 1. The van der Waals surface area contributed by atoms with Crippen LogP contribution in [0.1, 0.15) is 18.4 Å². The average molecular weight is 286 g/mol. The summed E-state index contributed by atoms with van der Waals surface area (Å²) in [6.45, 7) is 3.95. The molecule has 0 radical (unpaired) electrons. The minimum Gasteiger partial charge on any atom is -0.493 e. The summed E-state index contributed by atoms with van der Waals surface area (Å²) in [7, 11) is 1.91. The second kappa shape index (κ2) is 8.02. The third-order valence-corrected chi connectivity index (χ3v) is 3.02. The normalized spacial score (nSPS) is 10.7. The molecule has 106 valence electrons. The van der Waals surface area contributed by atoms with E-state index < -0.39 is 5.97 Å². The third kappa shape index (κ3) is 6.45. The van der Waals surface area contributed by atoms with Crippen molar-refractivity contribution in [2.24, 2.45) is 0 Å². The standard InChI is InChI=1S/C14H20ClNO3/c1-11-10-12(15)4-5-13(11)19-9-3-7-16(2)8-6-14(17)18/h4-5,10H,3,6-9H2,1-2H3,(H,17,18). The van der Waals surface area contributed by atoms with Crippen molar-refractivity contribution in [1.82, 2.24) is 4.90 Å². The van der Waals surface area contributed by atoms with Gasteiger partial charge in [-0.25, -0.2) is 0 Å². The minimum absolute atomic E-state index is 0.174. The van der Waals surface area contributed by atoms with Gasteiger partial charge in [-0.15, -0.1) is 0 Å². The molecule has 0 saturated heterocycles. The lowest BCUT2D eigenvalue weighted by Crippen LogP contribution is -2.24. The molecule has 0 fully saturated rings. The molecule has 0 unspecified atom stereocenters. The highest BCUT2D eigenvalue weighted by molar-refractivity contribution is 6.30. The summed E-state index contributed by atoms with van der Waals surface area (Å²) in [5.74, 6) is 0.0810. The molecule has 1 aromatic carbocycles. The third-order valence-electron chi connectivity index (χ3n) is 2.79. The lowest BCUT2D eigenvalue weighted by atomic mass is 10.2. The number of hydrogen-bond acceptors (Lipinski definition) is 3. The van der Waals surface area contributed by atoms with E-state index in [9.17, 15) is 4.79 Å². The van der Waals surface area contributed by atoms with Gasteiger partial charge in [-0.05, 0) is 44.2 Å². The first-order chi connectivity index (χ1) is 8.99. The van der Waals surface area contributed by atoms with Gasteiger partial charge in [-0.2, -0.15) is 0 Å². The van der Waals surface area contributed by atoms with E-state index in [2.05, 4.69) is 0 Å². The lowest BCUT2D eigenvalue weighted by Gasteiger charge is -2.15.